The van der Waals surface area contributed by atoms with Crippen molar-refractivity contribution in [3.05, 3.63) is 53.6 Å². The number of hydrogen-bond acceptors (Lipinski definition) is 19. The summed E-state index contributed by atoms with van der Waals surface area (Å²) < 4.78 is 0. The minimum absolute atomic E-state index is 0.00193. The van der Waals surface area contributed by atoms with Gasteiger partial charge in [-0.05, 0) is 126 Å². The van der Waals surface area contributed by atoms with Gasteiger partial charge < -0.3 is 111 Å². The van der Waals surface area contributed by atoms with Crippen LogP contribution in [-0.4, -0.2) is 259 Å². The lowest BCUT2D eigenvalue weighted by atomic mass is 9.93. The van der Waals surface area contributed by atoms with E-state index in [4.69, 9.17) is 28.7 Å². The summed E-state index contributed by atoms with van der Waals surface area (Å²) in [4.78, 5) is 216. The molecular formula is C71H110N22O16. The number of nitrogens with zero attached hydrogens (tertiary/aromatic N) is 7. The van der Waals surface area contributed by atoms with Gasteiger partial charge in [-0.3, -0.25) is 72.3 Å². The number of rotatable bonds is 41. The number of guanidine groups is 2. The van der Waals surface area contributed by atoms with Gasteiger partial charge in [-0.15, -0.1) is 0 Å². The molecule has 600 valence electrons. The SMILES string of the molecule is CCCC[C@H](NC(=O)[C@@H]1CCCN1C(=O)CNC(=O)[C@H](CCCCN)NC(=O)[C@H](Cc1cnc[nH]1)NC(=O)[C@H](CO)NC(=O)[C@H](CC(C)C)NC(=O)[C@H](CCCN=C(N)N)NC(=O)[C@@H]1CCCN1C(=O)[C@H](CCCN=C(N)N)NC(=O)[C@@H]1CCC(=O)N1)C(=O)N1CCC[C@H]1C(=O)N1Cc2ccccc2C[C@@H]1C(=O)O. The second kappa shape index (κ2) is 42.3. The lowest BCUT2D eigenvalue weighted by Gasteiger charge is -2.38. The topological polar surface area (TPSA) is 584 Å². The highest BCUT2D eigenvalue weighted by Gasteiger charge is 2.46. The van der Waals surface area contributed by atoms with Gasteiger partial charge in [0.15, 0.2) is 11.9 Å². The number of aliphatic imine (C=N–C) groups is 2. The molecule has 6 heterocycles. The van der Waals surface area contributed by atoms with Crippen molar-refractivity contribution in [1.82, 2.24) is 77.4 Å². The molecule has 13 amide bonds. The molecule has 0 unspecified atom stereocenters. The Morgan fingerprint density at radius 1 is 0.587 bits per heavy atom. The molecule has 5 aliphatic heterocycles. The first-order valence-corrected chi connectivity index (χ1v) is 37.7. The van der Waals surface area contributed by atoms with E-state index in [-0.39, 0.29) is 153 Å². The normalized spacial score (nSPS) is 20.0. The van der Waals surface area contributed by atoms with E-state index < -0.39 is 163 Å². The maximum Gasteiger partial charge on any atom is 0.326 e. The van der Waals surface area contributed by atoms with E-state index in [1.54, 1.807) is 13.8 Å². The zero-order valence-corrected chi connectivity index (χ0v) is 62.3. The molecule has 7 rings (SSSR count). The van der Waals surface area contributed by atoms with Crippen LogP contribution in [0.4, 0.5) is 0 Å². The number of nitrogens with two attached hydrogens (primary N) is 5. The summed E-state index contributed by atoms with van der Waals surface area (Å²) in [5.41, 5.74) is 30.0. The number of nitrogens with one attached hydrogen (secondary N) is 10. The molecule has 1 aromatic heterocycles. The Balaban J connectivity index is 0.990. The Bertz CT molecular complexity index is 3590. The van der Waals surface area contributed by atoms with Crippen molar-refractivity contribution in [3.63, 3.8) is 0 Å². The molecule has 0 aliphatic carbocycles. The fourth-order valence-electron chi connectivity index (χ4n) is 14.3. The molecule has 22 N–H and O–H groups in total. The fraction of sp³-hybridized carbons (Fsp3) is 0.648. The number of carboxylic acids is 1. The van der Waals surface area contributed by atoms with Crippen molar-refractivity contribution in [2.24, 2.45) is 44.6 Å². The molecule has 12 atom stereocenters. The number of benzene rings is 1. The number of aliphatic hydroxyl groups is 1. The van der Waals surface area contributed by atoms with Gasteiger partial charge in [0.1, 0.15) is 72.5 Å². The average molecular weight is 1530 g/mol. The van der Waals surface area contributed by atoms with Crippen LogP contribution in [0.3, 0.4) is 0 Å². The predicted octanol–water partition coefficient (Wildman–Crippen LogP) is -4.78. The van der Waals surface area contributed by atoms with Crippen LogP contribution < -0.4 is 76.5 Å². The number of carboxylic acid groups (broad SMARTS) is 1. The molecule has 109 heavy (non-hydrogen) atoms. The highest BCUT2D eigenvalue weighted by Crippen LogP contribution is 2.30. The average Bonchev–Trinajstić information content (AvgIpc) is 1.74. The molecule has 4 saturated heterocycles. The van der Waals surface area contributed by atoms with Gasteiger partial charge in [-0.25, -0.2) is 9.78 Å². The van der Waals surface area contributed by atoms with Crippen LogP contribution in [0.25, 0.3) is 0 Å². The summed E-state index contributed by atoms with van der Waals surface area (Å²) in [6.07, 6.45) is 7.20. The zero-order chi connectivity index (χ0) is 79.4. The highest BCUT2D eigenvalue weighted by molar-refractivity contribution is 6.00. The van der Waals surface area contributed by atoms with E-state index >= 15 is 0 Å². The van der Waals surface area contributed by atoms with Crippen LogP contribution in [0.15, 0.2) is 46.8 Å². The fourth-order valence-corrected chi connectivity index (χ4v) is 14.3. The van der Waals surface area contributed by atoms with Crippen molar-refractivity contribution < 1.29 is 77.3 Å². The Kier molecular flexibility index (Phi) is 33.3. The quantitative estimate of drug-likeness (QED) is 0.0169. The number of aliphatic hydroxyl groups excluding tert-OH is 1. The third-order valence-corrected chi connectivity index (χ3v) is 20.0. The van der Waals surface area contributed by atoms with Crippen LogP contribution in [0.2, 0.25) is 0 Å². The summed E-state index contributed by atoms with van der Waals surface area (Å²) in [6.45, 7) is 4.60. The number of carbonyl (C=O) groups is 14. The standard InChI is InChI=1S/C71H110N22O16/c1-4-5-17-47(67(106)92-31-14-23-54(92)68(107)93-37-42-16-7-6-15-41(42)33-55(93)69(108)109)86-64(103)52-21-12-29-90(52)57(96)36-80-58(97)44(18-8-9-26-72)83-62(101)50(34-43-35-77-39-81-43)88-63(102)51(38-94)89-61(100)49(32-40(2)3)87-59(98)45(19-10-27-78-70(73)74)84-65(104)53-22-13-30-91(53)66(105)48(20-11-28-79-71(75)76)85-60(99)46-24-25-56(95)82-46/h6-7,15-16,35,39-40,44-55,94H,4-5,8-14,17-34,36-38,72H2,1-3H3,(H,77,81)(H,80,97)(H,82,95)(H,83,101)(H,84,104)(H,85,99)(H,86,103)(H,87,98)(H,88,102)(H,89,100)(H,108,109)(H4,73,74,78)(H4,75,76,79)/t44-,45-,46-,47-,48-,49-,50-,51-,52-,53-,54-,55+/m0/s1. The number of fused-ring (bicyclic) bond motifs is 1. The van der Waals surface area contributed by atoms with E-state index in [2.05, 4.69) is 67.8 Å². The Hall–Kier alpha value is -10.5. The minimum atomic E-state index is -1.77. The van der Waals surface area contributed by atoms with E-state index in [9.17, 15) is 77.3 Å². The van der Waals surface area contributed by atoms with Gasteiger partial charge in [0, 0.05) is 70.4 Å². The maximum absolute atomic E-state index is 14.5. The smallest absolute Gasteiger partial charge is 0.326 e. The molecule has 38 nitrogen and oxygen atoms in total. The van der Waals surface area contributed by atoms with Gasteiger partial charge in [0.05, 0.1) is 19.5 Å². The van der Waals surface area contributed by atoms with E-state index in [1.807, 2.05) is 31.2 Å². The number of aromatic nitrogens is 2. The molecule has 5 aliphatic rings. The monoisotopic (exact) mass is 1530 g/mol. The first kappa shape index (κ1) is 85.7. The molecule has 1 aromatic carbocycles. The van der Waals surface area contributed by atoms with E-state index in [0.717, 1.165) is 11.1 Å². The van der Waals surface area contributed by atoms with Crippen LogP contribution >= 0.6 is 0 Å². The maximum atomic E-state index is 14.5. The largest absolute Gasteiger partial charge is 0.480 e. The Morgan fingerprint density at radius 3 is 1.68 bits per heavy atom. The molecule has 4 fully saturated rings. The van der Waals surface area contributed by atoms with Gasteiger partial charge in [0.2, 0.25) is 76.8 Å². The second-order valence-corrected chi connectivity index (χ2v) is 28.6. The lowest BCUT2D eigenvalue weighted by molar-refractivity contribution is -0.155. The van der Waals surface area contributed by atoms with Gasteiger partial charge in [-0.2, -0.15) is 0 Å². The van der Waals surface area contributed by atoms with Crippen molar-refractivity contribution in [2.45, 2.75) is 235 Å². The number of hydrogen-bond donors (Lipinski definition) is 17. The van der Waals surface area contributed by atoms with Crippen molar-refractivity contribution >= 4 is 94.7 Å². The summed E-state index contributed by atoms with van der Waals surface area (Å²) in [7, 11) is 0. The van der Waals surface area contributed by atoms with Crippen molar-refractivity contribution in [3.8, 4) is 0 Å². The highest BCUT2D eigenvalue weighted by atomic mass is 16.4. The summed E-state index contributed by atoms with van der Waals surface area (Å²) in [5, 5.41) is 44.8. The molecule has 0 saturated carbocycles. The number of unbranched alkanes of at least 4 members (excludes halogenated alkanes) is 2. The first-order chi connectivity index (χ1) is 52.1. The van der Waals surface area contributed by atoms with Gasteiger partial charge in [-0.1, -0.05) is 57.9 Å². The van der Waals surface area contributed by atoms with Crippen LogP contribution in [0, 0.1) is 5.92 Å². The van der Waals surface area contributed by atoms with E-state index in [0.29, 0.717) is 57.1 Å². The number of amides is 13. The molecule has 0 bridgehead atoms. The number of imidazole rings is 1. The van der Waals surface area contributed by atoms with Gasteiger partial charge in [0.25, 0.3) is 0 Å². The van der Waals surface area contributed by atoms with Crippen molar-refractivity contribution in [1.29, 1.82) is 0 Å². The summed E-state index contributed by atoms with van der Waals surface area (Å²) in [5.74, 6) is -11.0. The second-order valence-electron chi connectivity index (χ2n) is 28.6. The summed E-state index contributed by atoms with van der Waals surface area (Å²) >= 11 is 0. The number of aliphatic carboxylic acids is 1. The predicted molar refractivity (Wildman–Crippen MR) is 395 cm³/mol. The molecular weight excluding hydrogens is 1420 g/mol. The molecule has 2 aromatic rings. The third kappa shape index (κ3) is 25.0. The molecule has 0 radical (unpaired) electrons. The number of aromatic amines is 1. The number of carbonyl (C=O) groups excluding carboxylic acids is 13. The third-order valence-electron chi connectivity index (χ3n) is 20.0. The van der Waals surface area contributed by atoms with E-state index in [1.165, 1.54) is 32.1 Å². The van der Waals surface area contributed by atoms with Crippen molar-refractivity contribution in [2.75, 3.05) is 52.4 Å². The minimum Gasteiger partial charge on any atom is -0.480 e. The van der Waals surface area contributed by atoms with Crippen LogP contribution in [-0.2, 0) is 86.5 Å². The van der Waals surface area contributed by atoms with Gasteiger partial charge >= 0.3 is 5.97 Å². The van der Waals surface area contributed by atoms with Crippen LogP contribution in [0.1, 0.15) is 160 Å². The lowest BCUT2D eigenvalue weighted by Crippen LogP contribution is -2.61. The number of H-pyrrole nitrogens is 1. The molecule has 38 heteroatoms. The zero-order valence-electron chi connectivity index (χ0n) is 62.3. The Morgan fingerprint density at radius 2 is 1.10 bits per heavy atom. The molecule has 0 spiro atoms. The summed E-state index contributed by atoms with van der Waals surface area (Å²) in [6, 6.07) is -7.58. The first-order valence-electron chi connectivity index (χ1n) is 37.7. The number of likely N-dealkylation sites (tertiary alicyclic amines) is 3. The van der Waals surface area contributed by atoms with Crippen LogP contribution in [0.5, 0.6) is 0 Å². The Labute approximate surface area is 632 Å².